The summed E-state index contributed by atoms with van der Waals surface area (Å²) >= 11 is 0. The van der Waals surface area contributed by atoms with Gasteiger partial charge in [-0.3, -0.25) is 0 Å². The average Bonchev–Trinajstić information content (AvgIpc) is 2.56. The Bertz CT molecular complexity index is 345. The van der Waals surface area contributed by atoms with Gasteiger partial charge in [-0.2, -0.15) is 0 Å². The highest BCUT2D eigenvalue weighted by Gasteiger charge is 1.96. The number of benzene rings is 1. The topological polar surface area (TPSA) is 18.5 Å². The molecule has 126 valence electrons. The molecule has 2 heteroatoms. The first kappa shape index (κ1) is 19.0. The SMILES string of the molecule is CCCCCCCOCCCCCCc1ccc(OC)cc1. The maximum atomic E-state index is 5.69. The lowest BCUT2D eigenvalue weighted by Gasteiger charge is -2.05. The third-order valence-electron chi connectivity index (χ3n) is 4.06. The summed E-state index contributed by atoms with van der Waals surface area (Å²) in [5.74, 6) is 0.940. The first-order valence-electron chi connectivity index (χ1n) is 9.07. The second-order valence-electron chi connectivity index (χ2n) is 6.04. The number of aryl methyl sites for hydroxylation is 1. The largest absolute Gasteiger partial charge is 0.497 e. The molecule has 1 rings (SSSR count). The molecule has 0 heterocycles. The first-order valence-corrected chi connectivity index (χ1v) is 9.07. The maximum absolute atomic E-state index is 5.69. The van der Waals surface area contributed by atoms with Crippen LogP contribution in [0.4, 0.5) is 0 Å². The van der Waals surface area contributed by atoms with E-state index in [1.807, 2.05) is 12.1 Å². The molecule has 0 fully saturated rings. The molecule has 0 radical (unpaired) electrons. The highest BCUT2D eigenvalue weighted by atomic mass is 16.5. The second-order valence-corrected chi connectivity index (χ2v) is 6.04. The fraction of sp³-hybridized carbons (Fsp3) is 0.700. The van der Waals surface area contributed by atoms with E-state index in [1.54, 1.807) is 7.11 Å². The van der Waals surface area contributed by atoms with Crippen LogP contribution >= 0.6 is 0 Å². The van der Waals surface area contributed by atoms with Crippen molar-refractivity contribution < 1.29 is 9.47 Å². The summed E-state index contributed by atoms with van der Waals surface area (Å²) in [7, 11) is 1.71. The Morgan fingerprint density at radius 2 is 1.32 bits per heavy atom. The van der Waals surface area contributed by atoms with Gasteiger partial charge in [0.25, 0.3) is 0 Å². The normalized spacial score (nSPS) is 10.8. The molecule has 0 aromatic heterocycles. The molecule has 0 aliphatic rings. The van der Waals surface area contributed by atoms with Crippen molar-refractivity contribution in [2.45, 2.75) is 71.1 Å². The summed E-state index contributed by atoms with van der Waals surface area (Å²) in [5, 5.41) is 0. The Morgan fingerprint density at radius 3 is 1.91 bits per heavy atom. The second kappa shape index (κ2) is 13.6. The van der Waals surface area contributed by atoms with Crippen LogP contribution in [0.5, 0.6) is 5.75 Å². The monoisotopic (exact) mass is 306 g/mol. The van der Waals surface area contributed by atoms with E-state index in [4.69, 9.17) is 9.47 Å². The van der Waals surface area contributed by atoms with E-state index in [-0.39, 0.29) is 0 Å². The molecular weight excluding hydrogens is 272 g/mol. The fourth-order valence-electron chi connectivity index (χ4n) is 2.59. The molecule has 0 saturated heterocycles. The van der Waals surface area contributed by atoms with Gasteiger partial charge in [-0.05, 0) is 43.4 Å². The molecule has 0 spiro atoms. The molecule has 0 aliphatic carbocycles. The van der Waals surface area contributed by atoms with Crippen molar-refractivity contribution in [2.75, 3.05) is 20.3 Å². The van der Waals surface area contributed by atoms with E-state index in [0.29, 0.717) is 0 Å². The third-order valence-corrected chi connectivity index (χ3v) is 4.06. The van der Waals surface area contributed by atoms with E-state index >= 15 is 0 Å². The van der Waals surface area contributed by atoms with Crippen molar-refractivity contribution in [1.29, 1.82) is 0 Å². The number of methoxy groups -OCH3 is 1. The van der Waals surface area contributed by atoms with Crippen LogP contribution in [0.3, 0.4) is 0 Å². The van der Waals surface area contributed by atoms with E-state index in [9.17, 15) is 0 Å². The van der Waals surface area contributed by atoms with Gasteiger partial charge in [0.1, 0.15) is 5.75 Å². The number of rotatable bonds is 14. The Balaban J connectivity index is 1.85. The lowest BCUT2D eigenvalue weighted by Crippen LogP contribution is -1.97. The van der Waals surface area contributed by atoms with Crippen molar-refractivity contribution in [3.05, 3.63) is 29.8 Å². The van der Waals surface area contributed by atoms with Crippen LogP contribution in [0.15, 0.2) is 24.3 Å². The van der Waals surface area contributed by atoms with Crippen LogP contribution in [-0.4, -0.2) is 20.3 Å². The van der Waals surface area contributed by atoms with E-state index < -0.39 is 0 Å². The standard InChI is InChI=1S/C20H34O2/c1-3-4-5-7-10-17-22-18-11-8-6-9-12-19-13-15-20(21-2)16-14-19/h13-16H,3-12,17-18H2,1-2H3. The third kappa shape index (κ3) is 9.83. The predicted molar refractivity (Wildman–Crippen MR) is 94.7 cm³/mol. The molecule has 0 amide bonds. The smallest absolute Gasteiger partial charge is 0.118 e. The Labute approximate surface area is 137 Å². The van der Waals surface area contributed by atoms with Crippen molar-refractivity contribution in [2.24, 2.45) is 0 Å². The van der Waals surface area contributed by atoms with Crippen LogP contribution in [0.25, 0.3) is 0 Å². The summed E-state index contributed by atoms with van der Waals surface area (Å²) in [6.07, 6.45) is 12.8. The van der Waals surface area contributed by atoms with Crippen LogP contribution < -0.4 is 4.74 Å². The Kier molecular flexibility index (Phi) is 11.8. The molecule has 0 bridgehead atoms. The molecular formula is C20H34O2. The summed E-state index contributed by atoms with van der Waals surface area (Å²) in [5.41, 5.74) is 1.41. The molecule has 1 aromatic carbocycles. The van der Waals surface area contributed by atoms with Crippen LogP contribution in [0.2, 0.25) is 0 Å². The summed E-state index contributed by atoms with van der Waals surface area (Å²) in [4.78, 5) is 0. The fourth-order valence-corrected chi connectivity index (χ4v) is 2.59. The highest BCUT2D eigenvalue weighted by molar-refractivity contribution is 5.27. The van der Waals surface area contributed by atoms with Gasteiger partial charge in [-0.25, -0.2) is 0 Å². The molecule has 0 atom stereocenters. The zero-order chi connectivity index (χ0) is 15.9. The van der Waals surface area contributed by atoms with Gasteiger partial charge in [-0.15, -0.1) is 0 Å². The zero-order valence-corrected chi connectivity index (χ0v) is 14.6. The van der Waals surface area contributed by atoms with Crippen LogP contribution in [0.1, 0.15) is 70.3 Å². The molecule has 1 aromatic rings. The molecule has 0 aliphatic heterocycles. The van der Waals surface area contributed by atoms with E-state index in [2.05, 4.69) is 19.1 Å². The van der Waals surface area contributed by atoms with Crippen molar-refractivity contribution in [3.8, 4) is 5.75 Å². The lowest BCUT2D eigenvalue weighted by molar-refractivity contribution is 0.125. The van der Waals surface area contributed by atoms with E-state index in [0.717, 1.165) is 19.0 Å². The number of hydrogen-bond acceptors (Lipinski definition) is 2. The summed E-state index contributed by atoms with van der Waals surface area (Å²) in [6, 6.07) is 8.42. The quantitative estimate of drug-likeness (QED) is 0.405. The van der Waals surface area contributed by atoms with Gasteiger partial charge in [0.15, 0.2) is 0 Å². The Morgan fingerprint density at radius 1 is 0.727 bits per heavy atom. The number of ether oxygens (including phenoxy) is 2. The van der Waals surface area contributed by atoms with Gasteiger partial charge in [0.05, 0.1) is 7.11 Å². The number of unbranched alkanes of at least 4 members (excludes halogenated alkanes) is 7. The van der Waals surface area contributed by atoms with Crippen molar-refractivity contribution in [1.82, 2.24) is 0 Å². The first-order chi connectivity index (χ1) is 10.9. The minimum Gasteiger partial charge on any atom is -0.497 e. The zero-order valence-electron chi connectivity index (χ0n) is 14.6. The lowest BCUT2D eigenvalue weighted by atomic mass is 10.1. The average molecular weight is 306 g/mol. The van der Waals surface area contributed by atoms with Gasteiger partial charge in [0, 0.05) is 13.2 Å². The van der Waals surface area contributed by atoms with Crippen LogP contribution in [0, 0.1) is 0 Å². The minimum absolute atomic E-state index is 0.940. The summed E-state index contributed by atoms with van der Waals surface area (Å²) < 4.78 is 10.9. The van der Waals surface area contributed by atoms with Gasteiger partial charge in [-0.1, -0.05) is 57.6 Å². The number of hydrogen-bond donors (Lipinski definition) is 0. The Hall–Kier alpha value is -1.02. The molecule has 2 nitrogen and oxygen atoms in total. The molecule has 0 unspecified atom stereocenters. The van der Waals surface area contributed by atoms with Gasteiger partial charge < -0.3 is 9.47 Å². The molecule has 0 N–H and O–H groups in total. The van der Waals surface area contributed by atoms with E-state index in [1.165, 1.54) is 69.8 Å². The van der Waals surface area contributed by atoms with Crippen molar-refractivity contribution >= 4 is 0 Å². The molecule has 22 heavy (non-hydrogen) atoms. The minimum atomic E-state index is 0.940. The molecule has 0 saturated carbocycles. The predicted octanol–water partition coefficient (Wildman–Crippen LogP) is 5.79. The highest BCUT2D eigenvalue weighted by Crippen LogP contribution is 2.14. The van der Waals surface area contributed by atoms with Crippen molar-refractivity contribution in [3.63, 3.8) is 0 Å². The van der Waals surface area contributed by atoms with Gasteiger partial charge >= 0.3 is 0 Å². The van der Waals surface area contributed by atoms with Gasteiger partial charge in [0.2, 0.25) is 0 Å². The maximum Gasteiger partial charge on any atom is 0.118 e. The van der Waals surface area contributed by atoms with Crippen LogP contribution in [-0.2, 0) is 11.2 Å². The summed E-state index contributed by atoms with van der Waals surface area (Å²) in [6.45, 7) is 4.15.